The molecule has 18 heavy (non-hydrogen) atoms. The Bertz CT molecular complexity index is 556. The Kier molecular flexibility index (Phi) is 2.74. The lowest BCUT2D eigenvalue weighted by molar-refractivity contribution is 0.556. The second kappa shape index (κ2) is 4.28. The Hall–Kier alpha value is -1.55. The smallest absolute Gasteiger partial charge is 0.206 e. The number of benzene rings is 1. The van der Waals surface area contributed by atoms with Crippen LogP contribution in [0, 0.1) is 5.92 Å². The summed E-state index contributed by atoms with van der Waals surface area (Å²) >= 11 is 0. The number of hydrogen-bond donors (Lipinski definition) is 1. The molecule has 0 amide bonds. The van der Waals surface area contributed by atoms with E-state index in [2.05, 4.69) is 41.8 Å². The number of para-hydroxylation sites is 2. The fourth-order valence-electron chi connectivity index (χ4n) is 2.74. The number of nitrogens with two attached hydrogens (primary N) is 1. The molecule has 1 heterocycles. The van der Waals surface area contributed by atoms with Crippen LogP contribution in [0.3, 0.4) is 0 Å². The monoisotopic (exact) mass is 244 g/mol. The zero-order chi connectivity index (χ0) is 12.7. The largest absolute Gasteiger partial charge is 0.341 e. The molecular weight excluding hydrogens is 224 g/mol. The molecule has 4 nitrogen and oxygen atoms in total. The van der Waals surface area contributed by atoms with E-state index in [0.717, 1.165) is 17.4 Å². The van der Waals surface area contributed by atoms with Crippen LogP contribution in [0.2, 0.25) is 0 Å². The Morgan fingerprint density at radius 1 is 1.44 bits per heavy atom. The fourth-order valence-corrected chi connectivity index (χ4v) is 2.74. The lowest BCUT2D eigenvalue weighted by Gasteiger charge is -2.27. The Labute approximate surface area is 107 Å². The highest BCUT2D eigenvalue weighted by Crippen LogP contribution is 2.36. The normalized spacial score (nSPS) is 17.1. The SMILES string of the molecule is CN(c1nc2ccccc2n1C)C(CN)C1CC1. The van der Waals surface area contributed by atoms with Gasteiger partial charge in [-0.1, -0.05) is 12.1 Å². The molecule has 0 bridgehead atoms. The van der Waals surface area contributed by atoms with Gasteiger partial charge in [0.15, 0.2) is 0 Å². The van der Waals surface area contributed by atoms with Gasteiger partial charge in [-0.3, -0.25) is 0 Å². The van der Waals surface area contributed by atoms with E-state index in [1.807, 2.05) is 6.07 Å². The van der Waals surface area contributed by atoms with Crippen molar-refractivity contribution >= 4 is 17.0 Å². The number of nitrogens with zero attached hydrogens (tertiary/aromatic N) is 3. The van der Waals surface area contributed by atoms with Gasteiger partial charge in [0.1, 0.15) is 0 Å². The fraction of sp³-hybridized carbons (Fsp3) is 0.500. The van der Waals surface area contributed by atoms with E-state index in [4.69, 9.17) is 10.7 Å². The maximum absolute atomic E-state index is 5.92. The first-order valence-corrected chi connectivity index (χ1v) is 6.56. The number of imidazole rings is 1. The van der Waals surface area contributed by atoms with Crippen LogP contribution in [-0.4, -0.2) is 29.2 Å². The van der Waals surface area contributed by atoms with E-state index < -0.39 is 0 Å². The summed E-state index contributed by atoms with van der Waals surface area (Å²) in [5.74, 6) is 1.76. The summed E-state index contributed by atoms with van der Waals surface area (Å²) in [4.78, 5) is 6.97. The number of aryl methyl sites for hydroxylation is 1. The van der Waals surface area contributed by atoms with Crippen molar-refractivity contribution in [2.24, 2.45) is 18.7 Å². The summed E-state index contributed by atoms with van der Waals surface area (Å²) in [7, 11) is 4.18. The Morgan fingerprint density at radius 3 is 2.78 bits per heavy atom. The summed E-state index contributed by atoms with van der Waals surface area (Å²) in [6.45, 7) is 0.699. The predicted octanol–water partition coefficient (Wildman–Crippen LogP) is 1.75. The van der Waals surface area contributed by atoms with Crippen molar-refractivity contribution in [3.05, 3.63) is 24.3 Å². The number of hydrogen-bond acceptors (Lipinski definition) is 3. The molecule has 2 aromatic rings. The molecule has 1 aromatic carbocycles. The van der Waals surface area contributed by atoms with Crippen molar-refractivity contribution < 1.29 is 0 Å². The van der Waals surface area contributed by atoms with Crippen molar-refractivity contribution in [1.82, 2.24) is 9.55 Å². The highest BCUT2D eigenvalue weighted by Gasteiger charge is 2.34. The average Bonchev–Trinajstić information content (AvgIpc) is 3.16. The van der Waals surface area contributed by atoms with Crippen LogP contribution in [0.15, 0.2) is 24.3 Å². The molecule has 0 spiro atoms. The quantitative estimate of drug-likeness (QED) is 0.891. The summed E-state index contributed by atoms with van der Waals surface area (Å²) in [5, 5.41) is 0. The van der Waals surface area contributed by atoms with Gasteiger partial charge in [-0.25, -0.2) is 4.98 Å². The number of anilines is 1. The van der Waals surface area contributed by atoms with E-state index in [1.54, 1.807) is 0 Å². The molecule has 0 saturated heterocycles. The van der Waals surface area contributed by atoms with Crippen LogP contribution in [0.5, 0.6) is 0 Å². The van der Waals surface area contributed by atoms with Crippen LogP contribution < -0.4 is 10.6 Å². The summed E-state index contributed by atoms with van der Waals surface area (Å²) < 4.78 is 2.15. The van der Waals surface area contributed by atoms with Crippen molar-refractivity contribution in [3.63, 3.8) is 0 Å². The van der Waals surface area contributed by atoms with Crippen molar-refractivity contribution in [2.45, 2.75) is 18.9 Å². The van der Waals surface area contributed by atoms with E-state index in [0.29, 0.717) is 12.6 Å². The Balaban J connectivity index is 2.00. The lowest BCUT2D eigenvalue weighted by atomic mass is 10.1. The van der Waals surface area contributed by atoms with Gasteiger partial charge in [-0.2, -0.15) is 0 Å². The molecule has 1 atom stereocenters. The minimum atomic E-state index is 0.417. The van der Waals surface area contributed by atoms with Gasteiger partial charge in [0.05, 0.1) is 11.0 Å². The van der Waals surface area contributed by atoms with E-state index in [9.17, 15) is 0 Å². The maximum Gasteiger partial charge on any atom is 0.206 e. The predicted molar refractivity (Wildman–Crippen MR) is 74.7 cm³/mol. The molecule has 1 aliphatic carbocycles. The van der Waals surface area contributed by atoms with Gasteiger partial charge in [0.2, 0.25) is 5.95 Å². The molecule has 4 heteroatoms. The molecule has 1 unspecified atom stereocenters. The van der Waals surface area contributed by atoms with Gasteiger partial charge in [-0.15, -0.1) is 0 Å². The van der Waals surface area contributed by atoms with Gasteiger partial charge < -0.3 is 15.2 Å². The molecule has 0 aliphatic heterocycles. The van der Waals surface area contributed by atoms with Gasteiger partial charge in [-0.05, 0) is 30.9 Å². The zero-order valence-electron chi connectivity index (χ0n) is 11.0. The molecule has 1 saturated carbocycles. The zero-order valence-corrected chi connectivity index (χ0v) is 11.0. The standard InChI is InChI=1S/C14H20N4/c1-17-12-6-4-3-5-11(12)16-14(17)18(2)13(9-15)10-7-8-10/h3-6,10,13H,7-9,15H2,1-2H3. The van der Waals surface area contributed by atoms with E-state index >= 15 is 0 Å². The summed E-state index contributed by atoms with van der Waals surface area (Å²) in [6, 6.07) is 8.66. The minimum Gasteiger partial charge on any atom is -0.341 e. The highest BCUT2D eigenvalue weighted by atomic mass is 15.3. The lowest BCUT2D eigenvalue weighted by Crippen LogP contribution is -2.40. The van der Waals surface area contributed by atoms with E-state index in [-0.39, 0.29) is 0 Å². The van der Waals surface area contributed by atoms with Crippen LogP contribution >= 0.6 is 0 Å². The maximum atomic E-state index is 5.92. The summed E-state index contributed by atoms with van der Waals surface area (Å²) in [6.07, 6.45) is 2.60. The third-order valence-corrected chi connectivity index (χ3v) is 3.98. The third kappa shape index (κ3) is 1.77. The number of aromatic nitrogens is 2. The van der Waals surface area contributed by atoms with Crippen LogP contribution in [0.1, 0.15) is 12.8 Å². The van der Waals surface area contributed by atoms with E-state index in [1.165, 1.54) is 18.4 Å². The van der Waals surface area contributed by atoms with Crippen molar-refractivity contribution in [3.8, 4) is 0 Å². The van der Waals surface area contributed by atoms with Crippen molar-refractivity contribution in [1.29, 1.82) is 0 Å². The minimum absolute atomic E-state index is 0.417. The first-order valence-electron chi connectivity index (χ1n) is 6.56. The van der Waals surface area contributed by atoms with Crippen molar-refractivity contribution in [2.75, 3.05) is 18.5 Å². The number of fused-ring (bicyclic) bond motifs is 1. The molecule has 1 fully saturated rings. The molecule has 96 valence electrons. The first kappa shape index (κ1) is 11.5. The third-order valence-electron chi connectivity index (χ3n) is 3.98. The molecule has 3 rings (SSSR count). The van der Waals surface area contributed by atoms with Gasteiger partial charge in [0, 0.05) is 26.7 Å². The molecule has 1 aliphatic rings. The molecule has 2 N–H and O–H groups in total. The van der Waals surface area contributed by atoms with Crippen LogP contribution in [0.25, 0.3) is 11.0 Å². The van der Waals surface area contributed by atoms with Gasteiger partial charge >= 0.3 is 0 Å². The molecule has 1 aromatic heterocycles. The topological polar surface area (TPSA) is 47.1 Å². The molecule has 0 radical (unpaired) electrons. The van der Waals surface area contributed by atoms with Crippen LogP contribution in [-0.2, 0) is 7.05 Å². The number of likely N-dealkylation sites (N-methyl/N-ethyl adjacent to an activating group) is 1. The van der Waals surface area contributed by atoms with Gasteiger partial charge in [0.25, 0.3) is 0 Å². The molecular formula is C14H20N4. The highest BCUT2D eigenvalue weighted by molar-refractivity contribution is 5.78. The number of rotatable bonds is 4. The average molecular weight is 244 g/mol. The summed E-state index contributed by atoms with van der Waals surface area (Å²) in [5.41, 5.74) is 8.14. The first-order chi connectivity index (χ1) is 8.72. The Morgan fingerprint density at radius 2 is 2.17 bits per heavy atom. The van der Waals surface area contributed by atoms with Crippen LogP contribution in [0.4, 0.5) is 5.95 Å². The second-order valence-electron chi connectivity index (χ2n) is 5.21. The second-order valence-corrected chi connectivity index (χ2v) is 5.21.